The van der Waals surface area contributed by atoms with E-state index in [1.165, 1.54) is 0 Å². The van der Waals surface area contributed by atoms with E-state index >= 15 is 0 Å². The molecule has 1 aromatic heterocycles. The summed E-state index contributed by atoms with van der Waals surface area (Å²) in [6, 6.07) is 1.90. The molecule has 0 unspecified atom stereocenters. The minimum Gasteiger partial charge on any atom is -0.481 e. The third-order valence-corrected chi connectivity index (χ3v) is 3.86. The second kappa shape index (κ2) is 5.75. The maximum Gasteiger partial charge on any atom is 0.306 e. The van der Waals surface area contributed by atoms with Crippen molar-refractivity contribution in [1.29, 1.82) is 0 Å². The Kier molecular flexibility index (Phi) is 4.27. The Morgan fingerprint density at radius 2 is 2.21 bits per heavy atom. The molecule has 1 aliphatic rings. The molecule has 0 spiro atoms. The van der Waals surface area contributed by atoms with E-state index in [-0.39, 0.29) is 5.92 Å². The number of nitrogens with zero attached hydrogens (tertiary/aromatic N) is 1. The van der Waals surface area contributed by atoms with Gasteiger partial charge in [-0.05, 0) is 38.8 Å². The Labute approximate surface area is 112 Å². The van der Waals surface area contributed by atoms with Crippen LogP contribution in [0.25, 0.3) is 0 Å². The fourth-order valence-corrected chi connectivity index (χ4v) is 2.81. The summed E-state index contributed by atoms with van der Waals surface area (Å²) in [7, 11) is 1.95. The molecule has 106 valence electrons. The van der Waals surface area contributed by atoms with Crippen molar-refractivity contribution in [2.75, 3.05) is 13.6 Å². The summed E-state index contributed by atoms with van der Waals surface area (Å²) in [4.78, 5) is 12.9. The highest BCUT2D eigenvalue weighted by atomic mass is 16.4. The molecule has 0 saturated heterocycles. The number of aliphatic carboxylic acids is 1. The molecule has 1 fully saturated rings. The molecule has 0 amide bonds. The Bertz CT molecular complexity index is 407. The van der Waals surface area contributed by atoms with E-state index in [4.69, 9.17) is 9.52 Å². The zero-order valence-corrected chi connectivity index (χ0v) is 11.2. The van der Waals surface area contributed by atoms with Gasteiger partial charge in [0, 0.05) is 18.7 Å². The highest BCUT2D eigenvalue weighted by molar-refractivity contribution is 5.70. The zero-order valence-electron chi connectivity index (χ0n) is 11.2. The normalized spacial score (nSPS) is 27.6. The lowest BCUT2D eigenvalue weighted by atomic mass is 9.78. The van der Waals surface area contributed by atoms with Gasteiger partial charge in [-0.1, -0.05) is 0 Å². The number of carboxylic acids is 1. The van der Waals surface area contributed by atoms with Gasteiger partial charge in [-0.25, -0.2) is 0 Å². The smallest absolute Gasteiger partial charge is 0.306 e. The van der Waals surface area contributed by atoms with Crippen LogP contribution in [0.2, 0.25) is 0 Å². The lowest BCUT2D eigenvalue weighted by Gasteiger charge is -2.37. The number of rotatable bonds is 5. The molecular formula is C14H21NO4. The first-order valence-corrected chi connectivity index (χ1v) is 6.63. The molecule has 0 radical (unpaired) electrons. The predicted molar refractivity (Wildman–Crippen MR) is 69.6 cm³/mol. The van der Waals surface area contributed by atoms with Crippen molar-refractivity contribution in [2.45, 2.75) is 37.8 Å². The average Bonchev–Trinajstić information content (AvgIpc) is 2.81. The van der Waals surface area contributed by atoms with Crippen LogP contribution in [0.3, 0.4) is 0 Å². The third kappa shape index (κ3) is 3.81. The van der Waals surface area contributed by atoms with Crippen molar-refractivity contribution in [2.24, 2.45) is 5.92 Å². The second-order valence-corrected chi connectivity index (χ2v) is 5.64. The van der Waals surface area contributed by atoms with Crippen LogP contribution >= 0.6 is 0 Å². The maximum atomic E-state index is 10.9. The SMILES string of the molecule is CN(Cc1ccoc1)CC1(O)CCC(C(=O)O)CC1. The Morgan fingerprint density at radius 1 is 1.53 bits per heavy atom. The highest BCUT2D eigenvalue weighted by Crippen LogP contribution is 2.32. The molecule has 1 saturated carbocycles. The van der Waals surface area contributed by atoms with E-state index in [0.717, 1.165) is 12.1 Å². The van der Waals surface area contributed by atoms with Crippen LogP contribution in [0.5, 0.6) is 0 Å². The van der Waals surface area contributed by atoms with Gasteiger partial charge in [0.05, 0.1) is 24.0 Å². The number of furan rings is 1. The maximum absolute atomic E-state index is 10.9. The highest BCUT2D eigenvalue weighted by Gasteiger charge is 2.36. The molecule has 0 bridgehead atoms. The van der Waals surface area contributed by atoms with Crippen molar-refractivity contribution >= 4 is 5.97 Å². The van der Waals surface area contributed by atoms with Crippen LogP contribution in [0.15, 0.2) is 23.0 Å². The van der Waals surface area contributed by atoms with Gasteiger partial charge in [-0.2, -0.15) is 0 Å². The van der Waals surface area contributed by atoms with E-state index in [1.807, 2.05) is 18.0 Å². The number of carbonyl (C=O) groups is 1. The largest absolute Gasteiger partial charge is 0.481 e. The molecule has 0 aromatic carbocycles. The Balaban J connectivity index is 1.83. The van der Waals surface area contributed by atoms with Crippen molar-refractivity contribution in [3.05, 3.63) is 24.2 Å². The molecular weight excluding hydrogens is 246 g/mol. The van der Waals surface area contributed by atoms with E-state index < -0.39 is 11.6 Å². The third-order valence-electron chi connectivity index (χ3n) is 3.86. The quantitative estimate of drug-likeness (QED) is 0.849. The Morgan fingerprint density at radius 3 is 2.74 bits per heavy atom. The van der Waals surface area contributed by atoms with Gasteiger partial charge in [0.1, 0.15) is 0 Å². The van der Waals surface area contributed by atoms with E-state index in [0.29, 0.717) is 32.2 Å². The Hall–Kier alpha value is -1.33. The number of carboxylic acid groups (broad SMARTS) is 1. The van der Waals surface area contributed by atoms with E-state index in [9.17, 15) is 9.90 Å². The number of hydrogen-bond acceptors (Lipinski definition) is 4. The lowest BCUT2D eigenvalue weighted by molar-refractivity contribution is -0.145. The molecule has 19 heavy (non-hydrogen) atoms. The number of hydrogen-bond donors (Lipinski definition) is 2. The predicted octanol–water partition coefficient (Wildman–Crippen LogP) is 1.72. The average molecular weight is 267 g/mol. The lowest BCUT2D eigenvalue weighted by Crippen LogP contribution is -2.44. The van der Waals surface area contributed by atoms with Crippen LogP contribution in [-0.2, 0) is 11.3 Å². The molecule has 0 aliphatic heterocycles. The fourth-order valence-electron chi connectivity index (χ4n) is 2.81. The molecule has 2 rings (SSSR count). The summed E-state index contributed by atoms with van der Waals surface area (Å²) < 4.78 is 5.02. The molecule has 2 N–H and O–H groups in total. The summed E-state index contributed by atoms with van der Waals surface area (Å²) in [5, 5.41) is 19.5. The van der Waals surface area contributed by atoms with Gasteiger partial charge in [0.15, 0.2) is 0 Å². The number of aliphatic hydroxyl groups is 1. The minimum absolute atomic E-state index is 0.292. The molecule has 5 nitrogen and oxygen atoms in total. The standard InChI is InChI=1S/C14H21NO4/c1-15(8-11-4-7-19-9-11)10-14(18)5-2-12(3-6-14)13(16)17/h4,7,9,12,18H,2-3,5-6,8,10H2,1H3,(H,16,17). The molecule has 1 aromatic rings. The van der Waals surface area contributed by atoms with Gasteiger partial charge >= 0.3 is 5.97 Å². The van der Waals surface area contributed by atoms with Crippen molar-refractivity contribution in [3.8, 4) is 0 Å². The van der Waals surface area contributed by atoms with Crippen molar-refractivity contribution in [3.63, 3.8) is 0 Å². The van der Waals surface area contributed by atoms with Gasteiger partial charge in [-0.15, -0.1) is 0 Å². The van der Waals surface area contributed by atoms with Gasteiger partial charge in [0.25, 0.3) is 0 Å². The molecule has 1 aliphatic carbocycles. The summed E-state index contributed by atoms with van der Waals surface area (Å²) in [6.07, 6.45) is 5.56. The van der Waals surface area contributed by atoms with Crippen molar-refractivity contribution < 1.29 is 19.4 Å². The fraction of sp³-hybridized carbons (Fsp3) is 0.643. The molecule has 1 heterocycles. The van der Waals surface area contributed by atoms with Crippen LogP contribution in [-0.4, -0.2) is 40.3 Å². The first-order chi connectivity index (χ1) is 8.98. The van der Waals surface area contributed by atoms with Crippen LogP contribution in [0.1, 0.15) is 31.2 Å². The molecule has 0 atom stereocenters. The van der Waals surface area contributed by atoms with Gasteiger partial charge in [-0.3, -0.25) is 9.69 Å². The van der Waals surface area contributed by atoms with E-state index in [1.54, 1.807) is 12.5 Å². The summed E-state index contributed by atoms with van der Waals surface area (Å²) in [5.74, 6) is -1.03. The summed E-state index contributed by atoms with van der Waals surface area (Å²) >= 11 is 0. The second-order valence-electron chi connectivity index (χ2n) is 5.64. The molecule has 5 heteroatoms. The zero-order chi connectivity index (χ0) is 13.9. The van der Waals surface area contributed by atoms with Gasteiger partial charge < -0.3 is 14.6 Å². The summed E-state index contributed by atoms with van der Waals surface area (Å²) in [6.45, 7) is 1.28. The van der Waals surface area contributed by atoms with Crippen LogP contribution in [0.4, 0.5) is 0 Å². The monoisotopic (exact) mass is 267 g/mol. The topological polar surface area (TPSA) is 73.9 Å². The van der Waals surface area contributed by atoms with Crippen LogP contribution in [0, 0.1) is 5.92 Å². The van der Waals surface area contributed by atoms with Crippen molar-refractivity contribution in [1.82, 2.24) is 4.90 Å². The van der Waals surface area contributed by atoms with Crippen LogP contribution < -0.4 is 0 Å². The minimum atomic E-state index is -0.759. The summed E-state index contributed by atoms with van der Waals surface area (Å²) in [5.41, 5.74) is 0.315. The first-order valence-electron chi connectivity index (χ1n) is 6.63. The van der Waals surface area contributed by atoms with Gasteiger partial charge in [0.2, 0.25) is 0 Å². The number of likely N-dealkylation sites (N-methyl/N-ethyl adjacent to an activating group) is 1. The first kappa shape index (κ1) is 14.1. The van der Waals surface area contributed by atoms with E-state index in [2.05, 4.69) is 0 Å².